The molecule has 7 heteroatoms. The lowest BCUT2D eigenvalue weighted by molar-refractivity contribution is 0.0945. The summed E-state index contributed by atoms with van der Waals surface area (Å²) in [5, 5.41) is 6.55. The molecule has 1 aromatic heterocycles. The van der Waals surface area contributed by atoms with E-state index in [4.69, 9.17) is 11.6 Å². The summed E-state index contributed by atoms with van der Waals surface area (Å²) in [5.41, 5.74) is 0.508. The number of nitrogens with zero attached hydrogens (tertiary/aromatic N) is 2. The summed E-state index contributed by atoms with van der Waals surface area (Å²) >= 11 is 11.1. The fourth-order valence-corrected chi connectivity index (χ4v) is 4.03. The molecule has 23 heavy (non-hydrogen) atoms. The van der Waals surface area contributed by atoms with E-state index < -0.39 is 0 Å². The van der Waals surface area contributed by atoms with Crippen molar-refractivity contribution in [3.05, 3.63) is 44.8 Å². The molecule has 0 saturated carbocycles. The lowest BCUT2D eigenvalue weighted by Crippen LogP contribution is -2.41. The maximum atomic E-state index is 12.3. The Morgan fingerprint density at radius 2 is 2.39 bits per heavy atom. The van der Waals surface area contributed by atoms with Crippen LogP contribution in [-0.2, 0) is 0 Å². The van der Waals surface area contributed by atoms with Gasteiger partial charge < -0.3 is 10.2 Å². The Kier molecular flexibility index (Phi) is 5.56. The molecule has 0 bridgehead atoms. The number of halogens is 2. The number of benzene rings is 1. The van der Waals surface area contributed by atoms with Gasteiger partial charge in [-0.25, -0.2) is 4.98 Å². The van der Waals surface area contributed by atoms with E-state index in [2.05, 4.69) is 31.1 Å². The minimum atomic E-state index is -0.123. The number of hydrogen-bond donors (Lipinski definition) is 1. The summed E-state index contributed by atoms with van der Waals surface area (Å²) in [6.07, 6.45) is 4.08. The van der Waals surface area contributed by atoms with Crippen LogP contribution >= 0.6 is 38.9 Å². The predicted octanol–water partition coefficient (Wildman–Crippen LogP) is 4.21. The summed E-state index contributed by atoms with van der Waals surface area (Å²) in [4.78, 5) is 19.0. The molecule has 1 aromatic carbocycles. The topological polar surface area (TPSA) is 45.2 Å². The second-order valence-corrected chi connectivity index (χ2v) is 7.80. The number of hydrogen-bond acceptors (Lipinski definition) is 4. The molecule has 1 saturated heterocycles. The average Bonchev–Trinajstić information content (AvgIpc) is 3.10. The first-order valence-electron chi connectivity index (χ1n) is 7.51. The summed E-state index contributed by atoms with van der Waals surface area (Å²) in [7, 11) is 0. The number of carbonyl (C=O) groups excluding carboxylic acids is 1. The van der Waals surface area contributed by atoms with Crippen LogP contribution in [0.4, 0.5) is 5.13 Å². The van der Waals surface area contributed by atoms with Crippen LogP contribution in [0.3, 0.4) is 0 Å². The molecule has 1 aliphatic rings. The summed E-state index contributed by atoms with van der Waals surface area (Å²) in [6, 6.07) is 5.30. The van der Waals surface area contributed by atoms with E-state index in [-0.39, 0.29) is 5.91 Å². The lowest BCUT2D eigenvalue weighted by Gasteiger charge is -2.32. The molecule has 1 N–H and O–H groups in total. The van der Waals surface area contributed by atoms with Crippen molar-refractivity contribution in [1.82, 2.24) is 10.3 Å². The Morgan fingerprint density at radius 3 is 3.17 bits per heavy atom. The third-order valence-electron chi connectivity index (χ3n) is 3.93. The van der Waals surface area contributed by atoms with E-state index in [1.165, 1.54) is 0 Å². The van der Waals surface area contributed by atoms with Gasteiger partial charge in [0.15, 0.2) is 5.13 Å². The van der Waals surface area contributed by atoms with Crippen LogP contribution in [0.2, 0.25) is 5.02 Å². The second-order valence-electron chi connectivity index (χ2n) is 5.60. The zero-order chi connectivity index (χ0) is 16.2. The predicted molar refractivity (Wildman–Crippen MR) is 98.5 cm³/mol. The molecule has 0 radical (unpaired) electrons. The Morgan fingerprint density at radius 1 is 1.52 bits per heavy atom. The van der Waals surface area contributed by atoms with Crippen molar-refractivity contribution in [2.45, 2.75) is 12.8 Å². The molecule has 0 aliphatic carbocycles. The number of anilines is 1. The molecule has 1 amide bonds. The van der Waals surface area contributed by atoms with Crippen LogP contribution in [0.25, 0.3) is 0 Å². The van der Waals surface area contributed by atoms with E-state index in [0.29, 0.717) is 23.0 Å². The molecule has 1 fully saturated rings. The molecular formula is C16H17BrClN3OS. The van der Waals surface area contributed by atoms with E-state index >= 15 is 0 Å². The van der Waals surface area contributed by atoms with Gasteiger partial charge in [0.05, 0.1) is 10.6 Å². The number of nitrogens with one attached hydrogen (secondary N) is 1. The van der Waals surface area contributed by atoms with Crippen LogP contribution in [0.5, 0.6) is 0 Å². The zero-order valence-electron chi connectivity index (χ0n) is 12.5. The Bertz CT molecular complexity index is 680. The van der Waals surface area contributed by atoms with E-state index in [1.807, 2.05) is 17.6 Å². The molecule has 3 rings (SSSR count). The molecule has 122 valence electrons. The molecular weight excluding hydrogens is 398 g/mol. The van der Waals surface area contributed by atoms with Crippen LogP contribution in [-0.4, -0.2) is 30.5 Å². The van der Waals surface area contributed by atoms with Gasteiger partial charge in [-0.1, -0.05) is 27.5 Å². The molecule has 2 heterocycles. The fourth-order valence-electron chi connectivity index (χ4n) is 2.78. The van der Waals surface area contributed by atoms with E-state index in [1.54, 1.807) is 23.5 Å². The first-order chi connectivity index (χ1) is 11.1. The molecule has 2 aromatic rings. The number of aromatic nitrogens is 1. The summed E-state index contributed by atoms with van der Waals surface area (Å²) < 4.78 is 0.847. The second kappa shape index (κ2) is 7.64. The van der Waals surface area contributed by atoms with E-state index in [0.717, 1.165) is 35.5 Å². The van der Waals surface area contributed by atoms with Crippen molar-refractivity contribution >= 4 is 49.9 Å². The van der Waals surface area contributed by atoms with Gasteiger partial charge in [-0.3, -0.25) is 4.79 Å². The zero-order valence-corrected chi connectivity index (χ0v) is 15.6. The highest BCUT2D eigenvalue weighted by molar-refractivity contribution is 9.10. The number of thiazole rings is 1. The quantitative estimate of drug-likeness (QED) is 0.815. The summed E-state index contributed by atoms with van der Waals surface area (Å²) in [5.74, 6) is 0.310. The monoisotopic (exact) mass is 413 g/mol. The number of piperidine rings is 1. The number of carbonyl (C=O) groups is 1. The van der Waals surface area contributed by atoms with Crippen molar-refractivity contribution < 1.29 is 4.79 Å². The molecule has 0 spiro atoms. The van der Waals surface area contributed by atoms with Gasteiger partial charge in [-0.15, -0.1) is 11.3 Å². The number of rotatable bonds is 4. The van der Waals surface area contributed by atoms with Gasteiger partial charge in [0.25, 0.3) is 5.91 Å². The highest BCUT2D eigenvalue weighted by Crippen LogP contribution is 2.25. The SMILES string of the molecule is O=C(NCC1CCCN(c2nccs2)C1)c1cc(Br)ccc1Cl. The Labute approximate surface area is 153 Å². The smallest absolute Gasteiger partial charge is 0.252 e. The van der Waals surface area contributed by atoms with Crippen molar-refractivity contribution in [3.63, 3.8) is 0 Å². The first-order valence-corrected chi connectivity index (χ1v) is 9.56. The number of amides is 1. The van der Waals surface area contributed by atoms with Crippen molar-refractivity contribution in [2.24, 2.45) is 5.92 Å². The fraction of sp³-hybridized carbons (Fsp3) is 0.375. The summed E-state index contributed by atoms with van der Waals surface area (Å²) in [6.45, 7) is 2.62. The standard InChI is InChI=1S/C16H17BrClN3OS/c17-12-3-4-14(18)13(8-12)15(22)20-9-11-2-1-6-21(10-11)16-19-5-7-23-16/h3-5,7-8,11H,1-2,6,9-10H2,(H,20,22). The minimum Gasteiger partial charge on any atom is -0.352 e. The Balaban J connectivity index is 1.57. The molecule has 1 aliphatic heterocycles. The van der Waals surface area contributed by atoms with Gasteiger partial charge in [-0.05, 0) is 37.0 Å². The van der Waals surface area contributed by atoms with Crippen LogP contribution in [0.15, 0.2) is 34.2 Å². The molecule has 1 unspecified atom stereocenters. The molecule has 1 atom stereocenters. The van der Waals surface area contributed by atoms with Crippen molar-refractivity contribution in [1.29, 1.82) is 0 Å². The highest BCUT2D eigenvalue weighted by atomic mass is 79.9. The van der Waals surface area contributed by atoms with Crippen LogP contribution < -0.4 is 10.2 Å². The largest absolute Gasteiger partial charge is 0.352 e. The average molecular weight is 415 g/mol. The Hall–Kier alpha value is -1.11. The first kappa shape index (κ1) is 16.7. The minimum absolute atomic E-state index is 0.123. The maximum Gasteiger partial charge on any atom is 0.252 e. The third kappa shape index (κ3) is 4.25. The van der Waals surface area contributed by atoms with Crippen molar-refractivity contribution in [3.8, 4) is 0 Å². The van der Waals surface area contributed by atoms with Gasteiger partial charge >= 0.3 is 0 Å². The van der Waals surface area contributed by atoms with Gasteiger partial charge in [0, 0.05) is 35.7 Å². The maximum absolute atomic E-state index is 12.3. The lowest BCUT2D eigenvalue weighted by atomic mass is 9.98. The van der Waals surface area contributed by atoms with Crippen LogP contribution in [0, 0.1) is 5.92 Å². The van der Waals surface area contributed by atoms with Gasteiger partial charge in [0.2, 0.25) is 0 Å². The van der Waals surface area contributed by atoms with Gasteiger partial charge in [0.1, 0.15) is 0 Å². The highest BCUT2D eigenvalue weighted by Gasteiger charge is 2.22. The normalized spacial score (nSPS) is 18.0. The van der Waals surface area contributed by atoms with Gasteiger partial charge in [-0.2, -0.15) is 0 Å². The van der Waals surface area contributed by atoms with Crippen molar-refractivity contribution in [2.75, 3.05) is 24.5 Å². The van der Waals surface area contributed by atoms with Crippen LogP contribution in [0.1, 0.15) is 23.2 Å². The van der Waals surface area contributed by atoms with E-state index in [9.17, 15) is 4.79 Å². The third-order valence-corrected chi connectivity index (χ3v) is 5.59. The molecule has 4 nitrogen and oxygen atoms in total.